The molecule has 1 aromatic carbocycles. The Kier molecular flexibility index (Phi) is 7.44. The third-order valence-electron chi connectivity index (χ3n) is 5.23. The normalized spacial score (nSPS) is 22.3. The number of rotatable bonds is 8. The molecule has 1 saturated heterocycles. The van der Waals surface area contributed by atoms with E-state index >= 15 is 0 Å². The lowest BCUT2D eigenvalue weighted by atomic mass is 10.1. The summed E-state index contributed by atoms with van der Waals surface area (Å²) in [7, 11) is 0. The summed E-state index contributed by atoms with van der Waals surface area (Å²) in [5, 5.41) is 3.54. The molecule has 0 unspecified atom stereocenters. The smallest absolute Gasteiger partial charge is 0.422 e. The molecule has 1 aromatic heterocycles. The fourth-order valence-corrected chi connectivity index (χ4v) is 4.50. The van der Waals surface area contributed by atoms with Crippen LogP contribution in [-0.2, 0) is 29.0 Å². The molecule has 1 fully saturated rings. The second-order valence-electron chi connectivity index (χ2n) is 7.73. The molecule has 2 aromatic rings. The number of benzene rings is 1. The van der Waals surface area contributed by atoms with E-state index in [4.69, 9.17) is 14.2 Å². The van der Waals surface area contributed by atoms with E-state index in [1.54, 1.807) is 0 Å². The van der Waals surface area contributed by atoms with Crippen LogP contribution in [0.25, 0.3) is 0 Å². The molecule has 4 rings (SSSR count). The predicted molar refractivity (Wildman–Crippen MR) is 110 cm³/mol. The maximum absolute atomic E-state index is 12.3. The summed E-state index contributed by atoms with van der Waals surface area (Å²) in [4.78, 5) is 7.47. The standard InChI is InChI=1S/C21H26F3N3O3S/c22-21(23,24)14-30-20-26-17-11-27(8-6-18(17)31-20)9-7-19-28-12-16(13-29-19)25-10-15-4-2-1-3-5-15/h1-5,16,19,25H,6-14H2. The second kappa shape index (κ2) is 10.3. The lowest BCUT2D eigenvalue weighted by molar-refractivity contribution is -0.194. The Morgan fingerprint density at radius 2 is 1.97 bits per heavy atom. The van der Waals surface area contributed by atoms with Crippen molar-refractivity contribution < 1.29 is 27.4 Å². The molecule has 170 valence electrons. The SMILES string of the molecule is FC(F)(F)COc1nc2c(s1)CCN(CCC1OCC(NCc3ccccc3)CO1)C2. The van der Waals surface area contributed by atoms with E-state index in [1.165, 1.54) is 16.9 Å². The van der Waals surface area contributed by atoms with Gasteiger partial charge in [0.05, 0.1) is 24.9 Å². The zero-order chi connectivity index (χ0) is 21.7. The largest absolute Gasteiger partial charge is 0.460 e. The maximum Gasteiger partial charge on any atom is 0.422 e. The number of thiazole rings is 1. The molecule has 0 spiro atoms. The zero-order valence-corrected chi connectivity index (χ0v) is 17.9. The van der Waals surface area contributed by atoms with Crippen molar-refractivity contribution in [2.45, 2.75) is 44.4 Å². The minimum absolute atomic E-state index is 0.0946. The average Bonchev–Trinajstić information content (AvgIpc) is 3.18. The Morgan fingerprint density at radius 1 is 1.19 bits per heavy atom. The van der Waals surface area contributed by atoms with Gasteiger partial charge in [-0.15, -0.1) is 0 Å². The van der Waals surface area contributed by atoms with Crippen molar-refractivity contribution in [3.63, 3.8) is 0 Å². The highest BCUT2D eigenvalue weighted by Crippen LogP contribution is 2.31. The van der Waals surface area contributed by atoms with Gasteiger partial charge in [0.2, 0.25) is 0 Å². The van der Waals surface area contributed by atoms with Crippen LogP contribution in [0, 0.1) is 0 Å². The highest BCUT2D eigenvalue weighted by atomic mass is 32.1. The van der Waals surface area contributed by atoms with Crippen molar-refractivity contribution >= 4 is 11.3 Å². The molecule has 31 heavy (non-hydrogen) atoms. The van der Waals surface area contributed by atoms with Crippen LogP contribution >= 0.6 is 11.3 Å². The lowest BCUT2D eigenvalue weighted by Gasteiger charge is -2.32. The molecule has 0 aliphatic carbocycles. The molecule has 2 aliphatic heterocycles. The quantitative estimate of drug-likeness (QED) is 0.656. The van der Waals surface area contributed by atoms with E-state index in [1.807, 2.05) is 18.2 Å². The molecule has 6 nitrogen and oxygen atoms in total. The summed E-state index contributed by atoms with van der Waals surface area (Å²) in [6, 6.07) is 10.4. The fraction of sp³-hybridized carbons (Fsp3) is 0.571. The minimum Gasteiger partial charge on any atom is -0.460 e. The number of ether oxygens (including phenoxy) is 3. The molecular formula is C21H26F3N3O3S. The molecule has 0 bridgehead atoms. The Balaban J connectivity index is 1.15. The maximum atomic E-state index is 12.3. The van der Waals surface area contributed by atoms with Gasteiger partial charge in [0.15, 0.2) is 12.9 Å². The monoisotopic (exact) mass is 457 g/mol. The third-order valence-corrected chi connectivity index (χ3v) is 6.30. The Bertz CT molecular complexity index is 826. The van der Waals surface area contributed by atoms with Crippen molar-refractivity contribution in [1.82, 2.24) is 15.2 Å². The molecule has 0 radical (unpaired) electrons. The van der Waals surface area contributed by atoms with E-state index in [9.17, 15) is 13.2 Å². The van der Waals surface area contributed by atoms with Gasteiger partial charge in [0.1, 0.15) is 0 Å². The minimum atomic E-state index is -4.35. The topological polar surface area (TPSA) is 55.9 Å². The van der Waals surface area contributed by atoms with Crippen LogP contribution < -0.4 is 10.1 Å². The Morgan fingerprint density at radius 3 is 2.71 bits per heavy atom. The third kappa shape index (κ3) is 6.88. The first-order valence-corrected chi connectivity index (χ1v) is 11.2. The van der Waals surface area contributed by atoms with E-state index in [0.29, 0.717) is 19.8 Å². The number of halogens is 3. The van der Waals surface area contributed by atoms with Gasteiger partial charge in [-0.05, 0) is 12.0 Å². The first kappa shape index (κ1) is 22.5. The Hall–Kier alpha value is -1.72. The van der Waals surface area contributed by atoms with Gasteiger partial charge in [-0.2, -0.15) is 13.2 Å². The number of fused-ring (bicyclic) bond motifs is 1. The number of nitrogens with one attached hydrogen (secondary N) is 1. The van der Waals surface area contributed by atoms with Crippen LogP contribution in [-0.4, -0.2) is 61.3 Å². The van der Waals surface area contributed by atoms with Crippen LogP contribution in [0.15, 0.2) is 30.3 Å². The first-order valence-electron chi connectivity index (χ1n) is 10.4. The molecule has 10 heteroatoms. The molecular weight excluding hydrogens is 431 g/mol. The molecule has 1 N–H and O–H groups in total. The summed E-state index contributed by atoms with van der Waals surface area (Å²) in [5.41, 5.74) is 2.03. The van der Waals surface area contributed by atoms with Crippen molar-refractivity contribution in [3.8, 4) is 5.19 Å². The van der Waals surface area contributed by atoms with Gasteiger partial charge >= 0.3 is 6.18 Å². The molecule has 0 atom stereocenters. The van der Waals surface area contributed by atoms with Gasteiger partial charge in [-0.1, -0.05) is 41.7 Å². The molecule has 2 aliphatic rings. The van der Waals surface area contributed by atoms with Crippen LogP contribution in [0.1, 0.15) is 22.6 Å². The van der Waals surface area contributed by atoms with Crippen molar-refractivity contribution in [3.05, 3.63) is 46.5 Å². The van der Waals surface area contributed by atoms with Crippen LogP contribution in [0.4, 0.5) is 13.2 Å². The van der Waals surface area contributed by atoms with Gasteiger partial charge < -0.3 is 19.5 Å². The first-order chi connectivity index (χ1) is 14.9. The van der Waals surface area contributed by atoms with Crippen LogP contribution in [0.3, 0.4) is 0 Å². The molecule has 0 amide bonds. The van der Waals surface area contributed by atoms with E-state index in [2.05, 4.69) is 27.3 Å². The van der Waals surface area contributed by atoms with Crippen molar-refractivity contribution in [2.75, 3.05) is 32.9 Å². The molecule has 0 saturated carbocycles. The summed E-state index contributed by atoms with van der Waals surface area (Å²) in [5.74, 6) is 0. The fourth-order valence-electron chi connectivity index (χ4n) is 3.60. The predicted octanol–water partition coefficient (Wildman–Crippen LogP) is 3.36. The Labute approximate surface area is 183 Å². The highest BCUT2D eigenvalue weighted by molar-refractivity contribution is 7.13. The average molecular weight is 458 g/mol. The number of aromatic nitrogens is 1. The summed E-state index contributed by atoms with van der Waals surface area (Å²) < 4.78 is 53.5. The van der Waals surface area contributed by atoms with E-state index in [0.717, 1.165) is 43.0 Å². The van der Waals surface area contributed by atoms with Gasteiger partial charge in [-0.25, -0.2) is 4.98 Å². The summed E-state index contributed by atoms with van der Waals surface area (Å²) in [6.45, 7) is 2.91. The van der Waals surface area contributed by atoms with Crippen molar-refractivity contribution in [1.29, 1.82) is 0 Å². The second-order valence-corrected chi connectivity index (χ2v) is 8.77. The van der Waals surface area contributed by atoms with Crippen LogP contribution in [0.2, 0.25) is 0 Å². The van der Waals surface area contributed by atoms with E-state index < -0.39 is 12.8 Å². The lowest BCUT2D eigenvalue weighted by Crippen LogP contribution is -2.45. The number of hydrogen-bond acceptors (Lipinski definition) is 7. The zero-order valence-electron chi connectivity index (χ0n) is 17.1. The van der Waals surface area contributed by atoms with Gasteiger partial charge in [-0.3, -0.25) is 4.90 Å². The van der Waals surface area contributed by atoms with Gasteiger partial charge in [0.25, 0.3) is 5.19 Å². The van der Waals surface area contributed by atoms with Crippen molar-refractivity contribution in [2.24, 2.45) is 0 Å². The van der Waals surface area contributed by atoms with E-state index in [-0.39, 0.29) is 17.5 Å². The number of alkyl halides is 3. The molecule has 3 heterocycles. The number of hydrogen-bond donors (Lipinski definition) is 1. The van der Waals surface area contributed by atoms with Crippen LogP contribution in [0.5, 0.6) is 5.19 Å². The summed E-state index contributed by atoms with van der Waals surface area (Å²) >= 11 is 1.21. The summed E-state index contributed by atoms with van der Waals surface area (Å²) in [6.07, 6.45) is -3.09. The van der Waals surface area contributed by atoms with Gasteiger partial charge in [0, 0.05) is 37.5 Å². The highest BCUT2D eigenvalue weighted by Gasteiger charge is 2.30. The number of nitrogens with zero attached hydrogens (tertiary/aromatic N) is 2.